The van der Waals surface area contributed by atoms with E-state index in [1.807, 2.05) is 24.0 Å². The van der Waals surface area contributed by atoms with E-state index in [0.717, 1.165) is 32.1 Å². The molecular formula is C12H21N5S. The highest BCUT2D eigenvalue weighted by atomic mass is 32.1. The smallest absolute Gasteiger partial charge is 0.205 e. The Kier molecular flexibility index (Phi) is 3.59. The van der Waals surface area contributed by atoms with Gasteiger partial charge in [0.2, 0.25) is 5.95 Å². The van der Waals surface area contributed by atoms with Crippen LogP contribution in [-0.2, 0) is 7.05 Å². The zero-order valence-corrected chi connectivity index (χ0v) is 12.1. The summed E-state index contributed by atoms with van der Waals surface area (Å²) in [4.78, 5) is 9.58. The summed E-state index contributed by atoms with van der Waals surface area (Å²) in [5.74, 6) is 1.03. The molecule has 100 valence electrons. The number of nitrogens with zero attached hydrogens (tertiary/aromatic N) is 4. The van der Waals surface area contributed by atoms with Gasteiger partial charge in [0, 0.05) is 45.6 Å². The molecule has 1 aliphatic heterocycles. The van der Waals surface area contributed by atoms with E-state index in [4.69, 9.17) is 18.0 Å². The molecule has 0 radical (unpaired) electrons. The van der Waals surface area contributed by atoms with Crippen molar-refractivity contribution in [2.24, 2.45) is 12.8 Å². The Morgan fingerprint density at radius 1 is 1.33 bits per heavy atom. The molecule has 0 bridgehead atoms. The highest BCUT2D eigenvalue weighted by Gasteiger charge is 2.32. The molecule has 2 N–H and O–H groups in total. The first-order chi connectivity index (χ1) is 8.43. The maximum absolute atomic E-state index is 5.81. The number of piperazine rings is 1. The number of nitrogens with two attached hydrogens (primary N) is 1. The molecule has 1 saturated heterocycles. The van der Waals surface area contributed by atoms with Crippen molar-refractivity contribution in [1.82, 2.24) is 14.5 Å². The van der Waals surface area contributed by atoms with Crippen molar-refractivity contribution < 1.29 is 0 Å². The summed E-state index contributed by atoms with van der Waals surface area (Å²) in [7, 11) is 2.02. The maximum atomic E-state index is 5.81. The summed E-state index contributed by atoms with van der Waals surface area (Å²) in [6, 6.07) is 0. The van der Waals surface area contributed by atoms with Crippen LogP contribution >= 0.6 is 12.2 Å². The molecule has 1 aliphatic rings. The second-order valence-corrected chi connectivity index (χ2v) is 5.68. The van der Waals surface area contributed by atoms with E-state index in [1.54, 1.807) is 0 Å². The lowest BCUT2D eigenvalue weighted by atomic mass is 10.0. The van der Waals surface area contributed by atoms with Crippen molar-refractivity contribution in [3.8, 4) is 0 Å². The van der Waals surface area contributed by atoms with Gasteiger partial charge >= 0.3 is 0 Å². The number of aryl methyl sites for hydroxylation is 1. The van der Waals surface area contributed by atoms with Crippen LogP contribution < -0.4 is 10.6 Å². The number of aromatic nitrogens is 2. The predicted octanol–water partition coefficient (Wildman–Crippen LogP) is 0.607. The van der Waals surface area contributed by atoms with Crippen LogP contribution in [0.3, 0.4) is 0 Å². The molecule has 0 aliphatic carbocycles. The summed E-state index contributed by atoms with van der Waals surface area (Å²) in [5.41, 5.74) is 5.61. The SMILES string of the molecule is Cn1ccnc1N1CCN(C(C)(C)C(N)=S)CC1. The third kappa shape index (κ3) is 2.35. The average molecular weight is 267 g/mol. The van der Waals surface area contributed by atoms with E-state index in [1.165, 1.54) is 0 Å². The summed E-state index contributed by atoms with van der Waals surface area (Å²) >= 11 is 5.15. The van der Waals surface area contributed by atoms with Gasteiger partial charge in [-0.15, -0.1) is 0 Å². The van der Waals surface area contributed by atoms with Crippen molar-refractivity contribution in [2.45, 2.75) is 19.4 Å². The molecule has 2 rings (SSSR count). The topological polar surface area (TPSA) is 50.3 Å². The number of rotatable bonds is 3. The fourth-order valence-corrected chi connectivity index (χ4v) is 2.41. The van der Waals surface area contributed by atoms with Gasteiger partial charge < -0.3 is 15.2 Å². The monoisotopic (exact) mass is 267 g/mol. The minimum absolute atomic E-state index is 0.205. The minimum atomic E-state index is -0.205. The number of anilines is 1. The second-order valence-electron chi connectivity index (χ2n) is 5.24. The molecule has 0 unspecified atom stereocenters. The fraction of sp³-hybridized carbons (Fsp3) is 0.667. The second kappa shape index (κ2) is 4.85. The third-order valence-corrected chi connectivity index (χ3v) is 4.25. The summed E-state index contributed by atoms with van der Waals surface area (Å²) < 4.78 is 2.05. The lowest BCUT2D eigenvalue weighted by molar-refractivity contribution is 0.167. The van der Waals surface area contributed by atoms with Gasteiger partial charge in [-0.1, -0.05) is 12.2 Å². The highest BCUT2D eigenvalue weighted by Crippen LogP contribution is 2.20. The van der Waals surface area contributed by atoms with Crippen LogP contribution in [0.5, 0.6) is 0 Å². The van der Waals surface area contributed by atoms with Crippen LogP contribution in [0.4, 0.5) is 5.95 Å². The first kappa shape index (κ1) is 13.3. The molecule has 0 saturated carbocycles. The molecule has 2 heterocycles. The van der Waals surface area contributed by atoms with Crippen LogP contribution in [0.1, 0.15) is 13.8 Å². The van der Waals surface area contributed by atoms with Gasteiger partial charge in [-0.2, -0.15) is 0 Å². The molecule has 1 fully saturated rings. The molecule has 0 atom stereocenters. The van der Waals surface area contributed by atoms with Crippen LogP contribution in [0.25, 0.3) is 0 Å². The Hall–Kier alpha value is -1.14. The number of imidazole rings is 1. The normalized spacial score (nSPS) is 18.1. The van der Waals surface area contributed by atoms with Gasteiger partial charge in [-0.25, -0.2) is 4.98 Å². The van der Waals surface area contributed by atoms with Gasteiger partial charge in [0.05, 0.1) is 10.5 Å². The summed E-state index contributed by atoms with van der Waals surface area (Å²) in [6.45, 7) is 8.00. The molecule has 1 aromatic heterocycles. The van der Waals surface area contributed by atoms with Crippen molar-refractivity contribution >= 4 is 23.2 Å². The van der Waals surface area contributed by atoms with Crippen LogP contribution in [-0.4, -0.2) is 51.2 Å². The van der Waals surface area contributed by atoms with E-state index in [0.29, 0.717) is 4.99 Å². The Morgan fingerprint density at radius 2 is 1.94 bits per heavy atom. The van der Waals surface area contributed by atoms with Gasteiger partial charge in [0.15, 0.2) is 0 Å². The first-order valence-electron chi connectivity index (χ1n) is 6.20. The van der Waals surface area contributed by atoms with E-state index < -0.39 is 0 Å². The summed E-state index contributed by atoms with van der Waals surface area (Å²) in [5, 5.41) is 0. The van der Waals surface area contributed by atoms with Gasteiger partial charge in [0.25, 0.3) is 0 Å². The molecule has 0 spiro atoms. The van der Waals surface area contributed by atoms with Crippen LogP contribution in [0.15, 0.2) is 12.4 Å². The van der Waals surface area contributed by atoms with Crippen molar-refractivity contribution in [3.05, 3.63) is 12.4 Å². The number of thiocarbonyl (C=S) groups is 1. The number of hydrogen-bond acceptors (Lipinski definition) is 4. The van der Waals surface area contributed by atoms with Gasteiger partial charge in [-0.05, 0) is 13.8 Å². The quantitative estimate of drug-likeness (QED) is 0.813. The molecule has 18 heavy (non-hydrogen) atoms. The van der Waals surface area contributed by atoms with E-state index >= 15 is 0 Å². The lowest BCUT2D eigenvalue weighted by Gasteiger charge is -2.43. The Morgan fingerprint density at radius 3 is 2.39 bits per heavy atom. The molecule has 1 aromatic rings. The Balaban J connectivity index is 2.01. The van der Waals surface area contributed by atoms with Crippen molar-refractivity contribution in [2.75, 3.05) is 31.1 Å². The molecule has 0 aromatic carbocycles. The van der Waals surface area contributed by atoms with E-state index in [9.17, 15) is 0 Å². The molecular weight excluding hydrogens is 246 g/mol. The first-order valence-corrected chi connectivity index (χ1v) is 6.61. The largest absolute Gasteiger partial charge is 0.392 e. The molecule has 5 nitrogen and oxygen atoms in total. The fourth-order valence-electron chi connectivity index (χ4n) is 2.28. The standard InChI is InChI=1S/C12H21N5S/c1-12(2,10(13)18)17-8-6-16(7-9-17)11-14-4-5-15(11)3/h4-5H,6-9H2,1-3H3,(H2,13,18). The van der Waals surface area contributed by atoms with E-state index in [2.05, 4.69) is 28.6 Å². The predicted molar refractivity (Wildman–Crippen MR) is 77.9 cm³/mol. The highest BCUT2D eigenvalue weighted by molar-refractivity contribution is 7.80. The minimum Gasteiger partial charge on any atom is -0.392 e. The van der Waals surface area contributed by atoms with Gasteiger partial charge in [0.1, 0.15) is 0 Å². The summed E-state index contributed by atoms with van der Waals surface area (Å²) in [6.07, 6.45) is 3.81. The Labute approximate surface area is 114 Å². The third-order valence-electron chi connectivity index (χ3n) is 3.75. The zero-order valence-electron chi connectivity index (χ0n) is 11.3. The van der Waals surface area contributed by atoms with Gasteiger partial charge in [-0.3, -0.25) is 4.90 Å². The van der Waals surface area contributed by atoms with E-state index in [-0.39, 0.29) is 5.54 Å². The Bertz CT molecular complexity index is 431. The molecule has 0 amide bonds. The lowest BCUT2D eigenvalue weighted by Crippen LogP contribution is -2.59. The van der Waals surface area contributed by atoms with Crippen molar-refractivity contribution in [3.63, 3.8) is 0 Å². The average Bonchev–Trinajstić information content (AvgIpc) is 2.75. The zero-order chi connectivity index (χ0) is 13.3. The maximum Gasteiger partial charge on any atom is 0.205 e. The van der Waals surface area contributed by atoms with Crippen molar-refractivity contribution in [1.29, 1.82) is 0 Å². The molecule has 6 heteroatoms. The van der Waals surface area contributed by atoms with Crippen LogP contribution in [0, 0.1) is 0 Å². The number of hydrogen-bond donors (Lipinski definition) is 1. The van der Waals surface area contributed by atoms with Crippen LogP contribution in [0.2, 0.25) is 0 Å².